The molecule has 0 rings (SSSR count). The minimum atomic E-state index is -2.42. The van der Waals surface area contributed by atoms with Gasteiger partial charge in [-0.25, -0.2) is 0 Å². The summed E-state index contributed by atoms with van der Waals surface area (Å²) in [6.07, 6.45) is 6.87. The molecule has 0 radical (unpaired) electrons. The van der Waals surface area contributed by atoms with E-state index in [1.54, 1.807) is 0 Å². The highest BCUT2D eigenvalue weighted by atomic mass is 28.4. The molecular weight excluding hydrogens is 244 g/mol. The van der Waals surface area contributed by atoms with Crippen LogP contribution in [0.25, 0.3) is 0 Å². The van der Waals surface area contributed by atoms with Crippen LogP contribution in [0.4, 0.5) is 0 Å². The maximum atomic E-state index is 6.07. The summed E-state index contributed by atoms with van der Waals surface area (Å²) in [6, 6.07) is 0. The summed E-state index contributed by atoms with van der Waals surface area (Å²) in [4.78, 5) is 0. The van der Waals surface area contributed by atoms with E-state index >= 15 is 0 Å². The summed E-state index contributed by atoms with van der Waals surface area (Å²) in [5.41, 5.74) is 0. The topological polar surface area (TPSA) is 27.7 Å². The fourth-order valence-electron chi connectivity index (χ4n) is 1.74. The van der Waals surface area contributed by atoms with Crippen molar-refractivity contribution in [2.45, 2.75) is 78.9 Å². The van der Waals surface area contributed by atoms with E-state index in [1.165, 1.54) is 0 Å². The van der Waals surface area contributed by atoms with Crippen molar-refractivity contribution in [3.8, 4) is 0 Å². The van der Waals surface area contributed by atoms with Gasteiger partial charge in [0, 0.05) is 25.9 Å². The first-order valence-electron chi connectivity index (χ1n) is 7.53. The van der Waals surface area contributed by atoms with E-state index in [0.717, 1.165) is 51.7 Å². The zero-order chi connectivity index (χ0) is 13.9. The molecule has 0 aromatic heterocycles. The second-order valence-corrected chi connectivity index (χ2v) is 7.52. The molecular formula is C14H32O3Si. The maximum Gasteiger partial charge on any atom is 0.497 e. The average Bonchev–Trinajstić information content (AvgIpc) is 2.30. The van der Waals surface area contributed by atoms with Gasteiger partial charge in [-0.05, 0) is 26.2 Å². The maximum absolute atomic E-state index is 6.07. The predicted octanol–water partition coefficient (Wildman–Crippen LogP) is 4.39. The molecule has 0 aliphatic carbocycles. The molecule has 0 aromatic rings. The lowest BCUT2D eigenvalue weighted by Gasteiger charge is -2.29. The van der Waals surface area contributed by atoms with Crippen LogP contribution in [0, 0.1) is 0 Å². The second-order valence-electron chi connectivity index (χ2n) is 4.98. The van der Waals surface area contributed by atoms with Crippen LogP contribution in [-0.2, 0) is 13.3 Å². The smallest absolute Gasteiger partial charge is 0.374 e. The van der Waals surface area contributed by atoms with Gasteiger partial charge in [0.1, 0.15) is 0 Å². The minimum Gasteiger partial charge on any atom is -0.374 e. The van der Waals surface area contributed by atoms with Gasteiger partial charge < -0.3 is 13.3 Å². The third-order valence-corrected chi connectivity index (χ3v) is 5.12. The highest BCUT2D eigenvalue weighted by Gasteiger charge is 2.36. The van der Waals surface area contributed by atoms with Crippen LogP contribution in [0.1, 0.15) is 66.2 Å². The lowest BCUT2D eigenvalue weighted by atomic mass is 10.2. The fourth-order valence-corrected chi connectivity index (χ4v) is 3.84. The zero-order valence-corrected chi connectivity index (χ0v) is 14.0. The van der Waals surface area contributed by atoms with Crippen LogP contribution in [0.5, 0.6) is 0 Å². The summed E-state index contributed by atoms with van der Waals surface area (Å²) >= 11 is 0. The molecule has 0 fully saturated rings. The summed E-state index contributed by atoms with van der Waals surface area (Å²) in [6.45, 7) is 12.2. The van der Waals surface area contributed by atoms with Crippen molar-refractivity contribution >= 4 is 8.80 Å². The summed E-state index contributed by atoms with van der Waals surface area (Å²) in [5.74, 6) is 0. The Hall–Kier alpha value is 0.0969. The molecule has 3 nitrogen and oxygen atoms in total. The molecule has 0 bridgehead atoms. The van der Waals surface area contributed by atoms with Crippen LogP contribution in [0.2, 0.25) is 6.55 Å². The van der Waals surface area contributed by atoms with E-state index in [1.807, 2.05) is 6.55 Å². The lowest BCUT2D eigenvalue weighted by Crippen LogP contribution is -2.45. The van der Waals surface area contributed by atoms with E-state index in [0.29, 0.717) is 0 Å². The van der Waals surface area contributed by atoms with Gasteiger partial charge in [-0.2, -0.15) is 0 Å². The fraction of sp³-hybridized carbons (Fsp3) is 1.00. The van der Waals surface area contributed by atoms with E-state index < -0.39 is 8.80 Å². The molecule has 1 atom stereocenters. The van der Waals surface area contributed by atoms with Crippen molar-refractivity contribution in [2.75, 3.05) is 13.2 Å². The Morgan fingerprint density at radius 2 is 1.39 bits per heavy atom. The van der Waals surface area contributed by atoms with Crippen molar-refractivity contribution < 1.29 is 13.3 Å². The Labute approximate surface area is 115 Å². The molecule has 0 saturated carbocycles. The first kappa shape index (κ1) is 18.1. The Bertz CT molecular complexity index is 178. The van der Waals surface area contributed by atoms with Gasteiger partial charge in [0.15, 0.2) is 0 Å². The molecule has 0 aliphatic heterocycles. The van der Waals surface area contributed by atoms with Gasteiger partial charge in [0.2, 0.25) is 0 Å². The Balaban J connectivity index is 4.18. The molecule has 0 saturated heterocycles. The van der Waals surface area contributed by atoms with E-state index in [2.05, 4.69) is 27.7 Å². The summed E-state index contributed by atoms with van der Waals surface area (Å²) < 4.78 is 17.9. The molecule has 0 N–H and O–H groups in total. The number of hydrogen-bond donors (Lipinski definition) is 0. The van der Waals surface area contributed by atoms with Crippen molar-refractivity contribution in [3.63, 3.8) is 0 Å². The number of unbranched alkanes of at least 4 members (excludes halogenated alkanes) is 2. The van der Waals surface area contributed by atoms with Gasteiger partial charge in [-0.1, -0.05) is 40.0 Å². The molecule has 18 heavy (non-hydrogen) atoms. The van der Waals surface area contributed by atoms with Gasteiger partial charge in [0.05, 0.1) is 0 Å². The van der Waals surface area contributed by atoms with E-state index in [4.69, 9.17) is 13.3 Å². The number of rotatable bonds is 12. The zero-order valence-electron chi connectivity index (χ0n) is 13.0. The van der Waals surface area contributed by atoms with E-state index in [9.17, 15) is 0 Å². The van der Waals surface area contributed by atoms with Gasteiger partial charge in [-0.3, -0.25) is 0 Å². The first-order chi connectivity index (χ1) is 8.58. The van der Waals surface area contributed by atoms with E-state index in [-0.39, 0.29) is 6.10 Å². The normalized spacial score (nSPS) is 13.8. The van der Waals surface area contributed by atoms with Crippen molar-refractivity contribution in [1.82, 2.24) is 0 Å². The molecule has 4 heteroatoms. The average molecular weight is 276 g/mol. The largest absolute Gasteiger partial charge is 0.497 e. The van der Waals surface area contributed by atoms with Gasteiger partial charge in [-0.15, -0.1) is 0 Å². The van der Waals surface area contributed by atoms with Gasteiger partial charge >= 0.3 is 8.80 Å². The van der Waals surface area contributed by atoms with Crippen LogP contribution in [0.3, 0.4) is 0 Å². The molecule has 0 spiro atoms. The van der Waals surface area contributed by atoms with Crippen LogP contribution < -0.4 is 0 Å². The van der Waals surface area contributed by atoms with Crippen molar-refractivity contribution in [3.05, 3.63) is 0 Å². The van der Waals surface area contributed by atoms with Gasteiger partial charge in [0.25, 0.3) is 0 Å². The molecule has 0 aromatic carbocycles. The summed E-state index contributed by atoms with van der Waals surface area (Å²) in [7, 11) is -2.42. The molecule has 0 heterocycles. The molecule has 0 aliphatic rings. The second kappa shape index (κ2) is 11.0. The summed E-state index contributed by atoms with van der Waals surface area (Å²) in [5, 5.41) is 0. The third kappa shape index (κ3) is 9.08. The Kier molecular flexibility index (Phi) is 11.0. The Morgan fingerprint density at radius 1 is 0.889 bits per heavy atom. The van der Waals surface area contributed by atoms with Crippen LogP contribution in [0.15, 0.2) is 0 Å². The Morgan fingerprint density at radius 3 is 1.78 bits per heavy atom. The quantitative estimate of drug-likeness (QED) is 0.391. The SMILES string of the molecule is CCCCO[Si](C)(OCCCC)OC(C)CCC. The van der Waals surface area contributed by atoms with Crippen molar-refractivity contribution in [1.29, 1.82) is 0 Å². The highest BCUT2D eigenvalue weighted by Crippen LogP contribution is 2.16. The number of hydrogen-bond acceptors (Lipinski definition) is 3. The molecule has 110 valence electrons. The molecule has 0 amide bonds. The van der Waals surface area contributed by atoms with Crippen LogP contribution in [-0.4, -0.2) is 28.1 Å². The lowest BCUT2D eigenvalue weighted by molar-refractivity contribution is 0.0338. The monoisotopic (exact) mass is 276 g/mol. The predicted molar refractivity (Wildman–Crippen MR) is 78.8 cm³/mol. The third-order valence-electron chi connectivity index (χ3n) is 2.83. The van der Waals surface area contributed by atoms with Crippen molar-refractivity contribution in [2.24, 2.45) is 0 Å². The standard InChI is InChI=1S/C14H32O3Si/c1-6-9-12-15-18(5,16-13-10-7-2)17-14(4)11-8-3/h14H,6-13H2,1-5H3. The molecule has 1 unspecified atom stereocenters. The van der Waals surface area contributed by atoms with Crippen LogP contribution >= 0.6 is 0 Å². The minimum absolute atomic E-state index is 0.231. The first-order valence-corrected chi connectivity index (χ1v) is 9.76. The highest BCUT2D eigenvalue weighted by molar-refractivity contribution is 6.59.